The first-order valence-electron chi connectivity index (χ1n) is 6.86. The van der Waals surface area contributed by atoms with Crippen molar-refractivity contribution in [3.63, 3.8) is 0 Å². The van der Waals surface area contributed by atoms with Gasteiger partial charge in [0, 0.05) is 23.7 Å². The van der Waals surface area contributed by atoms with Crippen molar-refractivity contribution < 1.29 is 19.4 Å². The number of rotatable bonds is 4. The number of halogens is 1. The second-order valence-corrected chi connectivity index (χ2v) is 5.57. The summed E-state index contributed by atoms with van der Waals surface area (Å²) in [5, 5.41) is 9.23. The molecule has 1 fully saturated rings. The highest BCUT2D eigenvalue weighted by Crippen LogP contribution is 2.20. The molecule has 1 aliphatic heterocycles. The molecule has 2 rings (SSSR count). The van der Waals surface area contributed by atoms with Crippen LogP contribution >= 0.6 is 11.6 Å². The first-order chi connectivity index (χ1) is 9.97. The van der Waals surface area contributed by atoms with Gasteiger partial charge in [0.15, 0.2) is 0 Å². The average molecular weight is 312 g/mol. The van der Waals surface area contributed by atoms with E-state index in [4.69, 9.17) is 21.4 Å². The predicted molar refractivity (Wildman–Crippen MR) is 78.7 cm³/mol. The average Bonchev–Trinajstić information content (AvgIpc) is 2.48. The molecular formula is C15H18ClNO4. The van der Waals surface area contributed by atoms with Crippen LogP contribution in [0.5, 0.6) is 0 Å². The second-order valence-electron chi connectivity index (χ2n) is 5.16. The minimum Gasteiger partial charge on any atom is -0.480 e. The van der Waals surface area contributed by atoms with Gasteiger partial charge in [-0.3, -0.25) is 4.79 Å². The third-order valence-electron chi connectivity index (χ3n) is 3.58. The molecular weight excluding hydrogens is 294 g/mol. The fraction of sp³-hybridized carbons (Fsp3) is 0.467. The van der Waals surface area contributed by atoms with Crippen molar-refractivity contribution >= 4 is 23.5 Å². The zero-order valence-corrected chi connectivity index (χ0v) is 12.6. The van der Waals surface area contributed by atoms with Crippen LogP contribution in [0.15, 0.2) is 18.2 Å². The summed E-state index contributed by atoms with van der Waals surface area (Å²) in [4.78, 5) is 24.6. The van der Waals surface area contributed by atoms with Crippen LogP contribution in [-0.4, -0.2) is 47.7 Å². The monoisotopic (exact) mass is 311 g/mol. The van der Waals surface area contributed by atoms with Crippen molar-refractivity contribution in [2.45, 2.75) is 25.9 Å². The predicted octanol–water partition coefficient (Wildman–Crippen LogP) is 2.35. The maximum absolute atomic E-state index is 12.4. The van der Waals surface area contributed by atoms with Gasteiger partial charge in [0.2, 0.25) is 0 Å². The molecule has 0 saturated carbocycles. The lowest BCUT2D eigenvalue weighted by Crippen LogP contribution is -2.41. The van der Waals surface area contributed by atoms with Crippen molar-refractivity contribution in [2.24, 2.45) is 0 Å². The minimum absolute atomic E-state index is 0.0218. The van der Waals surface area contributed by atoms with Crippen LogP contribution in [-0.2, 0) is 9.53 Å². The Kier molecular flexibility index (Phi) is 5.20. The molecule has 0 spiro atoms. The molecule has 1 heterocycles. The SMILES string of the molecule is Cc1cc(C(=O)N2CCC(OCC(=O)O)CC2)ccc1Cl. The number of carbonyl (C=O) groups is 2. The maximum atomic E-state index is 12.4. The number of hydrogen-bond acceptors (Lipinski definition) is 3. The number of amides is 1. The number of hydrogen-bond donors (Lipinski definition) is 1. The van der Waals surface area contributed by atoms with Gasteiger partial charge < -0.3 is 14.7 Å². The van der Waals surface area contributed by atoms with E-state index in [-0.39, 0.29) is 18.6 Å². The minimum atomic E-state index is -0.967. The van der Waals surface area contributed by atoms with Crippen molar-refractivity contribution in [1.82, 2.24) is 4.90 Å². The number of carbonyl (C=O) groups excluding carboxylic acids is 1. The summed E-state index contributed by atoms with van der Waals surface area (Å²) in [5.74, 6) is -0.989. The summed E-state index contributed by atoms with van der Waals surface area (Å²) in [6, 6.07) is 5.25. The summed E-state index contributed by atoms with van der Waals surface area (Å²) in [7, 11) is 0. The van der Waals surface area contributed by atoms with E-state index >= 15 is 0 Å². The highest BCUT2D eigenvalue weighted by Gasteiger charge is 2.24. The number of carboxylic acids is 1. The van der Waals surface area contributed by atoms with Gasteiger partial charge in [0.25, 0.3) is 5.91 Å². The summed E-state index contributed by atoms with van der Waals surface area (Å²) >= 11 is 5.96. The molecule has 6 heteroatoms. The molecule has 0 radical (unpaired) electrons. The summed E-state index contributed by atoms with van der Waals surface area (Å²) in [6.45, 7) is 2.73. The first kappa shape index (κ1) is 15.8. The zero-order chi connectivity index (χ0) is 15.4. The van der Waals surface area contributed by atoms with E-state index in [9.17, 15) is 9.59 Å². The topological polar surface area (TPSA) is 66.8 Å². The molecule has 1 saturated heterocycles. The molecule has 0 unspecified atom stereocenters. The van der Waals surface area contributed by atoms with Gasteiger partial charge in [0.05, 0.1) is 6.10 Å². The molecule has 1 aromatic rings. The number of aryl methyl sites for hydroxylation is 1. The Morgan fingerprint density at radius 1 is 1.38 bits per heavy atom. The van der Waals surface area contributed by atoms with Gasteiger partial charge in [-0.25, -0.2) is 4.79 Å². The van der Waals surface area contributed by atoms with E-state index in [0.717, 1.165) is 5.56 Å². The van der Waals surface area contributed by atoms with Crippen LogP contribution in [0.3, 0.4) is 0 Å². The smallest absolute Gasteiger partial charge is 0.329 e. The molecule has 21 heavy (non-hydrogen) atoms. The fourth-order valence-corrected chi connectivity index (χ4v) is 2.49. The highest BCUT2D eigenvalue weighted by atomic mass is 35.5. The molecule has 1 N–H and O–H groups in total. The maximum Gasteiger partial charge on any atom is 0.329 e. The van der Waals surface area contributed by atoms with Crippen LogP contribution in [0.2, 0.25) is 5.02 Å². The van der Waals surface area contributed by atoms with Gasteiger partial charge >= 0.3 is 5.97 Å². The number of benzene rings is 1. The molecule has 0 bridgehead atoms. The first-order valence-corrected chi connectivity index (χ1v) is 7.24. The van der Waals surface area contributed by atoms with Crippen LogP contribution in [0.25, 0.3) is 0 Å². The van der Waals surface area contributed by atoms with E-state index in [2.05, 4.69) is 0 Å². The van der Waals surface area contributed by atoms with E-state index in [0.29, 0.717) is 36.5 Å². The number of ether oxygens (including phenoxy) is 1. The lowest BCUT2D eigenvalue weighted by molar-refractivity contribution is -0.145. The Labute approximate surface area is 128 Å². The Balaban J connectivity index is 1.90. The molecule has 0 aromatic heterocycles. The van der Waals surface area contributed by atoms with Crippen LogP contribution in [0.4, 0.5) is 0 Å². The molecule has 1 aliphatic rings. The third kappa shape index (κ3) is 4.19. The Morgan fingerprint density at radius 2 is 2.05 bits per heavy atom. The Bertz CT molecular complexity index is 538. The van der Waals surface area contributed by atoms with Crippen molar-refractivity contribution in [2.75, 3.05) is 19.7 Å². The lowest BCUT2D eigenvalue weighted by Gasteiger charge is -2.31. The van der Waals surface area contributed by atoms with Gasteiger partial charge in [-0.05, 0) is 43.5 Å². The van der Waals surface area contributed by atoms with Crippen molar-refractivity contribution in [1.29, 1.82) is 0 Å². The van der Waals surface area contributed by atoms with E-state index < -0.39 is 5.97 Å². The van der Waals surface area contributed by atoms with Crippen LogP contribution in [0, 0.1) is 6.92 Å². The summed E-state index contributed by atoms with van der Waals surface area (Å²) in [6.07, 6.45) is 1.23. The third-order valence-corrected chi connectivity index (χ3v) is 4.00. The summed E-state index contributed by atoms with van der Waals surface area (Å²) < 4.78 is 5.26. The number of nitrogens with zero attached hydrogens (tertiary/aromatic N) is 1. The van der Waals surface area contributed by atoms with Crippen molar-refractivity contribution in [3.05, 3.63) is 34.3 Å². The molecule has 5 nitrogen and oxygen atoms in total. The van der Waals surface area contributed by atoms with E-state index in [1.807, 2.05) is 6.92 Å². The van der Waals surface area contributed by atoms with Gasteiger partial charge in [0.1, 0.15) is 6.61 Å². The van der Waals surface area contributed by atoms with Crippen LogP contribution in [0.1, 0.15) is 28.8 Å². The van der Waals surface area contributed by atoms with E-state index in [1.54, 1.807) is 23.1 Å². The van der Waals surface area contributed by atoms with Gasteiger partial charge in [-0.2, -0.15) is 0 Å². The second kappa shape index (κ2) is 6.91. The fourth-order valence-electron chi connectivity index (χ4n) is 2.37. The lowest BCUT2D eigenvalue weighted by atomic mass is 10.1. The number of piperidine rings is 1. The van der Waals surface area contributed by atoms with Crippen LogP contribution < -0.4 is 0 Å². The van der Waals surface area contributed by atoms with Crippen molar-refractivity contribution in [3.8, 4) is 0 Å². The van der Waals surface area contributed by atoms with Gasteiger partial charge in [-0.15, -0.1) is 0 Å². The van der Waals surface area contributed by atoms with Gasteiger partial charge in [-0.1, -0.05) is 11.6 Å². The number of carboxylic acid groups (broad SMARTS) is 1. The number of likely N-dealkylation sites (tertiary alicyclic amines) is 1. The zero-order valence-electron chi connectivity index (χ0n) is 11.8. The standard InChI is InChI=1S/C15H18ClNO4/c1-10-8-11(2-3-13(10)16)15(20)17-6-4-12(5-7-17)21-9-14(18)19/h2-3,8,12H,4-7,9H2,1H3,(H,18,19). The highest BCUT2D eigenvalue weighted by molar-refractivity contribution is 6.31. The number of aliphatic carboxylic acids is 1. The molecule has 114 valence electrons. The summed E-state index contributed by atoms with van der Waals surface area (Å²) in [5.41, 5.74) is 1.50. The largest absolute Gasteiger partial charge is 0.480 e. The normalized spacial score (nSPS) is 16.0. The Hall–Kier alpha value is -1.59. The van der Waals surface area contributed by atoms with E-state index in [1.165, 1.54) is 0 Å². The molecule has 1 amide bonds. The molecule has 0 atom stereocenters. The molecule has 1 aromatic carbocycles. The quantitative estimate of drug-likeness (QED) is 0.927. The Morgan fingerprint density at radius 3 is 2.62 bits per heavy atom. The molecule has 0 aliphatic carbocycles.